The monoisotopic (exact) mass is 2000 g/mol. The number of rotatable bonds is 42. The first-order valence-electron chi connectivity index (χ1n) is 42.5. The standard InChI is InChI=1S/C86H121IN10O30S3/c1-16-97(85(111)120-40-49-28-30-50(31-29-49)92-76(104)53(26-24-35-90-83(89)109)93-78(106)64(42(3)4)94-77(105)52(91-48(10)98)25-21-23-34-88)54-41-119-59(38-58(54)113-11)125-73-68(102)65(44(6)122-82(73)124-57-27-20-18-19-22-33-86(112)39-56(100)66(95-84(110)117-15)62(57)51(86)32-36-128-130-47(9)79(107)118-17-2)96-127-60-37-55(99)75(46(8)121-60)129-80(108)61-43(5)63(87)71(74(116-14)70(61)114-12)126-81-69(103)72(115-13)67(101)45(7)123-81/h18-19,28-32,42,44-47,52-55,57-60,64-65,67-69,72-73,75,81-82,96,99,101-103,112H,16-17,21,23-26,34-41,88H2,1-15H3,(H,91,98)(H,92,104)(H,93,106)(H,94,105)(H,95,110)(H3,89,90,109)/b19-18-,51-32+/t44-,45+,46-,47?,52+,53+,54+,55+,57+,58+,59+,60+,64+,65-,67+,68+,69-,72-,73-,75-,81+,82+,86+/m1/s1. The Kier molecular flexibility index (Phi) is 42.3. The lowest BCUT2D eigenvalue weighted by Gasteiger charge is -2.47. The zero-order valence-corrected chi connectivity index (χ0v) is 79.7. The van der Waals surface area contributed by atoms with Gasteiger partial charge in [-0.2, -0.15) is 5.48 Å². The first-order chi connectivity index (χ1) is 61.9. The number of unbranched alkanes of at least 4 members (excludes halogenated alkanes) is 1. The molecule has 2 aromatic rings. The number of aliphatic hydroxyl groups is 5. The SMILES string of the molecule is CCOC(=O)C(C)SSC/C=C1\C2=C(NC(=O)OC)C(=O)C[C@@]1(O)C#C/C=C\C#C[C@@H]2O[C@@H]1O[C@H](C)[C@@H](NO[C@H]2C[C@H](O)[C@H](SC(=O)c3c(C)c(I)c(O[C@@H]4O[C@@H](C)[C@H](O)[C@@H](OC)[C@H]4O)c(OC)c3OC)[C@@H](C)O2)[C@H](O)[C@H]1O[C@H]1C[C@H](OC)[C@@H](N(CC)C(=O)OCc2ccc(NC(=O)[C@H](CCCNC(N)=O)NC(=O)[C@@H](NC(=O)[C@H](CCCCN)NC(C)=O)C(C)C)cc2)CO1. The zero-order valence-electron chi connectivity index (χ0n) is 75.1. The van der Waals surface area contributed by atoms with Crippen LogP contribution in [0.3, 0.4) is 0 Å². The molecule has 4 aliphatic heterocycles. The van der Waals surface area contributed by atoms with Crippen molar-refractivity contribution in [3.05, 3.63) is 79.6 Å². The molecular weight excluding hydrogens is 1880 g/mol. The molecule has 4 saturated heterocycles. The molecule has 4 heterocycles. The Bertz CT molecular complexity index is 4480. The van der Waals surface area contributed by atoms with Crippen molar-refractivity contribution in [2.24, 2.45) is 17.4 Å². The topological polar surface area (TPSA) is 550 Å². The van der Waals surface area contributed by atoms with Crippen molar-refractivity contribution >= 4 is 120 Å². The molecule has 16 N–H and O–H groups in total. The van der Waals surface area contributed by atoms with E-state index >= 15 is 0 Å². The Hall–Kier alpha value is -8.18. The number of nitrogens with one attached hydrogen (secondary N) is 7. The van der Waals surface area contributed by atoms with Crippen molar-refractivity contribution in [2.75, 3.05) is 79.5 Å². The summed E-state index contributed by atoms with van der Waals surface area (Å²) in [4.78, 5) is 142. The molecule has 2 bridgehead atoms. The van der Waals surface area contributed by atoms with Crippen LogP contribution in [0.4, 0.5) is 20.1 Å². The van der Waals surface area contributed by atoms with E-state index in [0.717, 1.165) is 18.9 Å². The summed E-state index contributed by atoms with van der Waals surface area (Å²) in [5.74, 6) is 7.28. The van der Waals surface area contributed by atoms with E-state index in [9.17, 15) is 73.5 Å². The molecule has 23 atom stereocenters. The molecule has 2 aromatic carbocycles. The highest BCUT2D eigenvalue weighted by molar-refractivity contribution is 14.1. The second-order valence-electron chi connectivity index (χ2n) is 31.5. The molecular formula is C86H121IN10O30S3. The number of allylic oxidation sites excluding steroid dienone is 3. The Morgan fingerprint density at radius 3 is 2.10 bits per heavy atom. The number of nitrogens with two attached hydrogens (primary N) is 2. The van der Waals surface area contributed by atoms with Crippen LogP contribution in [0.15, 0.2) is 59.3 Å². The summed E-state index contributed by atoms with van der Waals surface area (Å²) in [5, 5.41) is 73.2. The number of fused-ring (bicyclic) bond motifs is 2. The Morgan fingerprint density at radius 1 is 0.769 bits per heavy atom. The van der Waals surface area contributed by atoms with Crippen molar-refractivity contribution in [3.8, 4) is 40.9 Å². The van der Waals surface area contributed by atoms with E-state index < -0.39 is 215 Å². The zero-order chi connectivity index (χ0) is 95.5. The third-order valence-electron chi connectivity index (χ3n) is 22.0. The maximum Gasteiger partial charge on any atom is 0.411 e. The van der Waals surface area contributed by atoms with Crippen LogP contribution in [-0.4, -0.2) is 302 Å². The maximum absolute atomic E-state index is 14.7. The summed E-state index contributed by atoms with van der Waals surface area (Å²) in [7, 11) is 8.84. The molecule has 0 aromatic heterocycles. The number of aliphatic hydroxyl groups excluding tert-OH is 4. The summed E-state index contributed by atoms with van der Waals surface area (Å²) in [5.41, 5.74) is 12.2. The third kappa shape index (κ3) is 28.5. The molecule has 0 spiro atoms. The number of nitrogens with zero attached hydrogens (tertiary/aromatic N) is 1. The number of Topliss-reactive ketones (excluding diaryl/α,β-unsaturated/α-hetero) is 1. The number of hydroxylamine groups is 1. The highest BCUT2D eigenvalue weighted by Crippen LogP contribution is 2.50. The van der Waals surface area contributed by atoms with Crippen molar-refractivity contribution in [2.45, 2.75) is 266 Å². The van der Waals surface area contributed by atoms with Crippen LogP contribution in [0.2, 0.25) is 0 Å². The van der Waals surface area contributed by atoms with Crippen LogP contribution >= 0.6 is 55.9 Å². The quantitative estimate of drug-likeness (QED) is 0.00859. The summed E-state index contributed by atoms with van der Waals surface area (Å²) in [6.07, 6.45) is -16.6. The summed E-state index contributed by atoms with van der Waals surface area (Å²) in [6.45, 7) is 16.3. The Morgan fingerprint density at radius 2 is 1.46 bits per heavy atom. The van der Waals surface area contributed by atoms with Gasteiger partial charge in [0.2, 0.25) is 40.8 Å². The largest absolute Gasteiger partial charge is 0.492 e. The van der Waals surface area contributed by atoms with Crippen LogP contribution in [-0.2, 0) is 92.3 Å². The molecule has 44 heteroatoms. The molecule has 6 aliphatic rings. The van der Waals surface area contributed by atoms with Gasteiger partial charge in [-0.3, -0.25) is 43.7 Å². The van der Waals surface area contributed by atoms with Crippen LogP contribution in [0.5, 0.6) is 17.2 Å². The fraction of sp³-hybridized carbons (Fsp3) is 0.628. The molecule has 720 valence electrons. The highest BCUT2D eigenvalue weighted by atomic mass is 127. The first-order valence-corrected chi connectivity index (χ1v) is 46.8. The minimum atomic E-state index is -2.27. The smallest absolute Gasteiger partial charge is 0.411 e. The normalized spacial score (nSPS) is 28.0. The lowest BCUT2D eigenvalue weighted by molar-refractivity contribution is -0.337. The van der Waals surface area contributed by atoms with Crippen LogP contribution in [0.1, 0.15) is 135 Å². The van der Waals surface area contributed by atoms with Gasteiger partial charge in [0.25, 0.3) is 0 Å². The average molecular weight is 2000 g/mol. The van der Waals surface area contributed by atoms with Gasteiger partial charge < -0.3 is 135 Å². The van der Waals surface area contributed by atoms with Crippen LogP contribution in [0, 0.1) is 40.1 Å². The fourth-order valence-electron chi connectivity index (χ4n) is 15.2. The second-order valence-corrected chi connectivity index (χ2v) is 36.5. The number of halogens is 1. The van der Waals surface area contributed by atoms with Crippen molar-refractivity contribution in [3.63, 3.8) is 0 Å². The molecule has 130 heavy (non-hydrogen) atoms. The number of carbonyl (C=O) groups is 10. The van der Waals surface area contributed by atoms with Crippen molar-refractivity contribution in [1.29, 1.82) is 0 Å². The number of esters is 1. The molecule has 0 saturated carbocycles. The molecule has 8 amide bonds. The number of likely N-dealkylation sites (N-methyl/N-ethyl adjacent to an activating group) is 1. The van der Waals surface area contributed by atoms with Gasteiger partial charge in [0, 0.05) is 69.7 Å². The summed E-state index contributed by atoms with van der Waals surface area (Å²) < 4.78 is 84.8. The number of primary amides is 1. The number of alkyl carbamates (subject to hydrolysis) is 1. The molecule has 2 aliphatic carbocycles. The fourth-order valence-corrected chi connectivity index (χ4v) is 18.9. The number of thioether (sulfide) groups is 1. The van der Waals surface area contributed by atoms with Gasteiger partial charge >= 0.3 is 24.2 Å². The molecule has 40 nitrogen and oxygen atoms in total. The number of ketones is 1. The molecule has 4 fully saturated rings. The molecule has 1 unspecified atom stereocenters. The summed E-state index contributed by atoms with van der Waals surface area (Å²) >= 11 is 2.74. The Balaban J connectivity index is 1.02. The van der Waals surface area contributed by atoms with Gasteiger partial charge in [-0.25, -0.2) is 14.4 Å². The highest BCUT2D eigenvalue weighted by Gasteiger charge is 2.53. The van der Waals surface area contributed by atoms with E-state index in [-0.39, 0.29) is 110 Å². The maximum atomic E-state index is 14.7. The van der Waals surface area contributed by atoms with Gasteiger partial charge in [0.05, 0.1) is 104 Å². The van der Waals surface area contributed by atoms with Crippen LogP contribution in [0.25, 0.3) is 0 Å². The van der Waals surface area contributed by atoms with Gasteiger partial charge in [-0.1, -0.05) is 89.1 Å². The number of carbonyl (C=O) groups excluding carboxylic acids is 10. The predicted molar refractivity (Wildman–Crippen MR) is 482 cm³/mol. The number of methoxy groups -OCH3 is 5. The van der Waals surface area contributed by atoms with E-state index in [1.807, 2.05) is 22.6 Å². The lowest BCUT2D eigenvalue weighted by Crippen LogP contribution is -2.65. The van der Waals surface area contributed by atoms with Gasteiger partial charge in [0.1, 0.15) is 66.6 Å². The number of anilines is 1. The van der Waals surface area contributed by atoms with Crippen molar-refractivity contribution in [1.82, 2.24) is 37.0 Å². The number of hydrogen-bond acceptors (Lipinski definition) is 35. The van der Waals surface area contributed by atoms with E-state index in [2.05, 4.69) is 61.1 Å². The number of benzene rings is 2. The van der Waals surface area contributed by atoms with Crippen molar-refractivity contribution < 1.29 is 145 Å². The first kappa shape index (κ1) is 107. The van der Waals surface area contributed by atoms with E-state index in [4.69, 9.17) is 82.6 Å². The number of ether oxygens (including phenoxy) is 14. The molecule has 0 radical (unpaired) electrons. The van der Waals surface area contributed by atoms with E-state index in [0.29, 0.717) is 34.1 Å². The van der Waals surface area contributed by atoms with Gasteiger partial charge in [0.15, 0.2) is 41.8 Å². The van der Waals surface area contributed by atoms with E-state index in [1.54, 1.807) is 92.7 Å². The number of urea groups is 1. The number of amides is 8. The average Bonchev–Trinajstić information content (AvgIpc) is 0.747. The summed E-state index contributed by atoms with van der Waals surface area (Å²) in [6, 6.07) is 0.0881. The molecule has 8 rings (SSSR count). The minimum Gasteiger partial charge on any atom is -0.492 e. The number of hydrogen-bond donors (Lipinski definition) is 14. The van der Waals surface area contributed by atoms with Gasteiger partial charge in [-0.05, 0) is 151 Å². The second kappa shape index (κ2) is 51.3. The minimum absolute atomic E-state index is 0.0189. The lowest BCUT2D eigenvalue weighted by atomic mass is 9.75. The predicted octanol–water partition coefficient (Wildman–Crippen LogP) is 3.57. The van der Waals surface area contributed by atoms with Gasteiger partial charge in [-0.15, -0.1) is 0 Å². The Labute approximate surface area is 780 Å². The van der Waals surface area contributed by atoms with E-state index in [1.165, 1.54) is 74.0 Å². The third-order valence-corrected chi connectivity index (χ3v) is 27.3. The van der Waals surface area contributed by atoms with Crippen LogP contribution < -0.4 is 63.1 Å².